The van der Waals surface area contributed by atoms with Crippen molar-refractivity contribution in [1.82, 2.24) is 9.47 Å². The molecular weight excluding hydrogens is 524 g/mol. The summed E-state index contributed by atoms with van der Waals surface area (Å²) in [4.78, 5) is 2.27. The van der Waals surface area contributed by atoms with Gasteiger partial charge in [-0.1, -0.05) is 6.07 Å². The number of quaternary nitrogens is 2. The van der Waals surface area contributed by atoms with Crippen LogP contribution in [-0.4, -0.2) is 126 Å². The van der Waals surface area contributed by atoms with Crippen LogP contribution in [0.25, 0.3) is 11.1 Å². The fraction of sp³-hybridized carbons (Fsp3) is 0.706. The first-order valence-corrected chi connectivity index (χ1v) is 15.7. The van der Waals surface area contributed by atoms with Gasteiger partial charge in [0.05, 0.1) is 59.9 Å². The number of hydroxylamine groups is 2. The summed E-state index contributed by atoms with van der Waals surface area (Å²) in [6.07, 6.45) is 12.4. The number of nitrogens with zero attached hydrogens (tertiary/aromatic N) is 6. The highest BCUT2D eigenvalue weighted by molar-refractivity contribution is 5.96. The Morgan fingerprint density at radius 1 is 0.690 bits per heavy atom. The van der Waals surface area contributed by atoms with E-state index in [0.717, 1.165) is 66.8 Å². The topological polar surface area (TPSA) is 60.3 Å². The molecule has 2 rings (SSSR count). The van der Waals surface area contributed by atoms with Crippen LogP contribution in [0.4, 0.5) is 0 Å². The molecular formula is C34H62N6O2+2. The van der Waals surface area contributed by atoms with Crippen LogP contribution in [0, 0.1) is 10.4 Å². The highest BCUT2D eigenvalue weighted by atomic mass is 16.5. The molecule has 0 aromatic carbocycles. The first-order chi connectivity index (χ1) is 19.2. The van der Waals surface area contributed by atoms with Crippen LogP contribution in [0.5, 0.6) is 0 Å². The van der Waals surface area contributed by atoms with Crippen LogP contribution in [-0.2, 0) is 6.54 Å². The average molecular weight is 587 g/mol. The average Bonchev–Trinajstić information content (AvgIpc) is 3.23. The van der Waals surface area contributed by atoms with Gasteiger partial charge in [0, 0.05) is 104 Å². The second-order valence-corrected chi connectivity index (χ2v) is 15.8. The van der Waals surface area contributed by atoms with Crippen molar-refractivity contribution in [3.63, 3.8) is 0 Å². The quantitative estimate of drug-likeness (QED) is 0.0709. The molecule has 0 spiro atoms. The molecule has 0 N–H and O–H groups in total. The number of aryl methyl sites for hydroxylation is 1. The van der Waals surface area contributed by atoms with Crippen LogP contribution >= 0.6 is 0 Å². The van der Waals surface area contributed by atoms with Gasteiger partial charge < -0.3 is 28.8 Å². The van der Waals surface area contributed by atoms with Crippen molar-refractivity contribution < 1.29 is 18.4 Å². The lowest BCUT2D eigenvalue weighted by atomic mass is 10.0. The van der Waals surface area contributed by atoms with Gasteiger partial charge >= 0.3 is 0 Å². The fourth-order valence-corrected chi connectivity index (χ4v) is 5.14. The third kappa shape index (κ3) is 11.7. The molecule has 0 saturated heterocycles. The third-order valence-electron chi connectivity index (χ3n) is 8.10. The molecule has 0 fully saturated rings. The van der Waals surface area contributed by atoms with E-state index in [9.17, 15) is 10.4 Å². The minimum absolute atomic E-state index is 0.522. The number of rotatable bonds is 15. The predicted molar refractivity (Wildman–Crippen MR) is 179 cm³/mol. The van der Waals surface area contributed by atoms with E-state index in [4.69, 9.17) is 0 Å². The fourth-order valence-electron chi connectivity index (χ4n) is 5.14. The van der Waals surface area contributed by atoms with Crippen LogP contribution in [0.1, 0.15) is 78.4 Å². The summed E-state index contributed by atoms with van der Waals surface area (Å²) in [5.41, 5.74) is 2.69. The van der Waals surface area contributed by atoms with Gasteiger partial charge in [-0.05, 0) is 25.7 Å². The lowest BCUT2D eigenvalue weighted by Crippen LogP contribution is -2.44. The molecule has 2 aliphatic rings. The van der Waals surface area contributed by atoms with Gasteiger partial charge in [-0.25, -0.2) is 9.48 Å². The van der Waals surface area contributed by atoms with Gasteiger partial charge in [-0.15, -0.1) is 0 Å². The Morgan fingerprint density at radius 2 is 1.17 bits per heavy atom. The van der Waals surface area contributed by atoms with E-state index in [2.05, 4.69) is 64.1 Å². The maximum absolute atomic E-state index is 12.9. The zero-order valence-corrected chi connectivity index (χ0v) is 29.0. The first-order valence-electron chi connectivity index (χ1n) is 15.7. The summed E-state index contributed by atoms with van der Waals surface area (Å²) in [6.45, 7) is 18.2. The van der Waals surface area contributed by atoms with E-state index in [1.165, 1.54) is 38.9 Å². The smallest absolute Gasteiger partial charge is 0.184 e. The largest absolute Gasteiger partial charge is 0.623 e. The molecule has 0 aromatic rings. The van der Waals surface area contributed by atoms with Crippen LogP contribution in [0.2, 0.25) is 0 Å². The summed E-state index contributed by atoms with van der Waals surface area (Å²) in [5, 5.41) is 25.7. The van der Waals surface area contributed by atoms with Gasteiger partial charge in [0.1, 0.15) is 0 Å². The maximum atomic E-state index is 12.9. The van der Waals surface area contributed by atoms with E-state index in [0.29, 0.717) is 0 Å². The number of pyridine rings is 1. The zero-order chi connectivity index (χ0) is 31.9. The van der Waals surface area contributed by atoms with Crippen molar-refractivity contribution >= 4 is 12.4 Å². The third-order valence-corrected chi connectivity index (χ3v) is 8.10. The highest BCUT2D eigenvalue weighted by Gasteiger charge is 2.24. The Hall–Kier alpha value is -2.42. The molecule has 238 valence electrons. The number of fused-ring (bicyclic) bond motifs is 1. The van der Waals surface area contributed by atoms with Gasteiger partial charge in [-0.3, -0.25) is 0 Å². The summed E-state index contributed by atoms with van der Waals surface area (Å²) < 4.78 is 6.33. The zero-order valence-electron chi connectivity index (χ0n) is 29.0. The summed E-state index contributed by atoms with van der Waals surface area (Å²) in [6, 6.07) is 4.00. The molecule has 0 amide bonds. The van der Waals surface area contributed by atoms with Crippen molar-refractivity contribution in [1.29, 1.82) is 0 Å². The van der Waals surface area contributed by atoms with E-state index < -0.39 is 11.1 Å². The maximum Gasteiger partial charge on any atom is 0.184 e. The summed E-state index contributed by atoms with van der Waals surface area (Å²) in [7, 11) is 13.7. The normalized spacial score (nSPS) is 14.4. The molecule has 8 heteroatoms. The van der Waals surface area contributed by atoms with Gasteiger partial charge in [0.25, 0.3) is 0 Å². The Kier molecular flexibility index (Phi) is 12.2. The van der Waals surface area contributed by atoms with Gasteiger partial charge in [-0.2, -0.15) is 0 Å². The highest BCUT2D eigenvalue weighted by Crippen LogP contribution is 2.30. The molecule has 1 heterocycles. The molecule has 0 aromatic heterocycles. The van der Waals surface area contributed by atoms with Crippen molar-refractivity contribution in [2.45, 2.75) is 84.8 Å². The Balaban J connectivity index is 2.11. The van der Waals surface area contributed by atoms with Gasteiger partial charge in [0.2, 0.25) is 0 Å². The molecule has 0 radical (unpaired) electrons. The lowest BCUT2D eigenvalue weighted by molar-refractivity contribution is -0.897. The van der Waals surface area contributed by atoms with Crippen molar-refractivity contribution in [3.8, 4) is 11.1 Å². The molecule has 42 heavy (non-hydrogen) atoms. The van der Waals surface area contributed by atoms with E-state index >= 15 is 0 Å². The van der Waals surface area contributed by atoms with Crippen LogP contribution in [0.3, 0.4) is 0 Å². The number of hydrogen-bond acceptors (Lipinski definition) is 3. The lowest BCUT2D eigenvalue weighted by Gasteiger charge is -2.32. The summed E-state index contributed by atoms with van der Waals surface area (Å²) >= 11 is 0. The van der Waals surface area contributed by atoms with E-state index in [1.54, 1.807) is 12.4 Å². The number of aromatic nitrogens is 1. The van der Waals surface area contributed by atoms with Crippen molar-refractivity contribution in [2.24, 2.45) is 0 Å². The molecule has 1 aliphatic carbocycles. The Labute approximate surface area is 257 Å². The van der Waals surface area contributed by atoms with Gasteiger partial charge in [0.15, 0.2) is 23.5 Å². The number of hydrogen-bond donors (Lipinski definition) is 0. The molecule has 0 atom stereocenters. The van der Waals surface area contributed by atoms with Crippen molar-refractivity contribution in [2.75, 3.05) is 75.0 Å². The standard InChI is InChI=1S/C34H62N6O2/c1-33(2,3)37(41)26-29-17-18-31-30(27-38(42)34(4,5)6)25-36(28-32(29)31)20-16-24-40(11,12)22-14-13-21-39(9,10)23-15-19-35(7)8/h17-18,25-28H,13-16,19-24H2,1-12H3/q+2/b37-26-,38-27-. The van der Waals surface area contributed by atoms with Crippen LogP contribution < -0.4 is 0 Å². The molecule has 0 saturated carbocycles. The molecule has 0 bridgehead atoms. The molecule has 0 unspecified atom stereocenters. The number of unbranched alkanes of at least 4 members (excludes halogenated alkanes) is 1. The van der Waals surface area contributed by atoms with Crippen molar-refractivity contribution in [3.05, 3.63) is 46.1 Å². The minimum Gasteiger partial charge on any atom is -0.623 e. The summed E-state index contributed by atoms with van der Waals surface area (Å²) in [5.74, 6) is 0. The molecule has 8 nitrogen and oxygen atoms in total. The minimum atomic E-state index is -0.533. The second-order valence-electron chi connectivity index (χ2n) is 15.8. The SMILES string of the molecule is CN(C)CCC[N+](C)(C)CCCC[N+](C)(C)CCCn1cc(/C=[N+](\[O-])C(C)(C)C)c2ccc(/C=[N+](\[O-])C(C)(C)C)c-2c1. The van der Waals surface area contributed by atoms with E-state index in [-0.39, 0.29) is 0 Å². The van der Waals surface area contributed by atoms with E-state index in [1.807, 2.05) is 53.7 Å². The monoisotopic (exact) mass is 586 g/mol. The second kappa shape index (κ2) is 14.4. The molecule has 1 aliphatic heterocycles. The Bertz CT molecular complexity index is 1160. The van der Waals surface area contributed by atoms with Crippen LogP contribution in [0.15, 0.2) is 24.5 Å². The Morgan fingerprint density at radius 3 is 1.67 bits per heavy atom. The first kappa shape index (κ1) is 35.8. The predicted octanol–water partition coefficient (Wildman–Crippen LogP) is 5.32.